The van der Waals surface area contributed by atoms with Gasteiger partial charge in [-0.3, -0.25) is 13.9 Å². The molecule has 1 N–H and O–H groups in total. The number of carbonyl (C=O) groups excluding carboxylic acids is 2. The van der Waals surface area contributed by atoms with Crippen LogP contribution in [0.3, 0.4) is 0 Å². The van der Waals surface area contributed by atoms with Gasteiger partial charge in [0.2, 0.25) is 11.8 Å². The zero-order valence-electron chi connectivity index (χ0n) is 26.1. The van der Waals surface area contributed by atoms with E-state index in [2.05, 4.69) is 5.32 Å². The molecule has 2 atom stereocenters. The lowest BCUT2D eigenvalue weighted by Gasteiger charge is -2.34. The topological polar surface area (TPSA) is 86.8 Å². The Bertz CT molecular complexity index is 1710. The van der Waals surface area contributed by atoms with E-state index < -0.39 is 28.5 Å². The Balaban J connectivity index is 1.83. The van der Waals surface area contributed by atoms with Gasteiger partial charge in [0.1, 0.15) is 12.6 Å². The van der Waals surface area contributed by atoms with Gasteiger partial charge in [-0.25, -0.2) is 8.42 Å². The van der Waals surface area contributed by atoms with E-state index in [1.165, 1.54) is 17.0 Å². The van der Waals surface area contributed by atoms with Crippen molar-refractivity contribution >= 4 is 39.1 Å². The van der Waals surface area contributed by atoms with Gasteiger partial charge in [-0.05, 0) is 68.1 Å². The standard InChI is InChI=1S/C36H40ClN3O4S/c1-5-28(4)38-36(42)34(23-29-14-7-6-8-15-29)39(24-30-16-10-9-13-27(30)3)35(41)25-40(33-18-12-11-17-32(33)37)45(43,44)31-21-19-26(2)20-22-31/h6-22,28,34H,5,23-25H2,1-4H3,(H,38,42)/t28-,34-/m1/s1. The minimum absolute atomic E-state index is 0.0293. The van der Waals surface area contributed by atoms with Crippen molar-refractivity contribution in [1.29, 1.82) is 0 Å². The van der Waals surface area contributed by atoms with Crippen LogP contribution in [0.1, 0.15) is 42.5 Å². The SMILES string of the molecule is CC[C@@H](C)NC(=O)[C@@H](Cc1ccccc1)N(Cc1ccccc1C)C(=O)CN(c1ccccc1Cl)S(=O)(=O)c1ccc(C)cc1. The molecule has 0 spiro atoms. The second-order valence-electron chi connectivity index (χ2n) is 11.2. The fourth-order valence-electron chi connectivity index (χ4n) is 4.97. The van der Waals surface area contributed by atoms with Crippen LogP contribution in [0.15, 0.2) is 108 Å². The number of hydrogen-bond donors (Lipinski definition) is 1. The van der Waals surface area contributed by atoms with Crippen molar-refractivity contribution in [2.24, 2.45) is 0 Å². The number of hydrogen-bond acceptors (Lipinski definition) is 4. The molecule has 2 amide bonds. The maximum absolute atomic E-state index is 14.6. The highest BCUT2D eigenvalue weighted by atomic mass is 35.5. The molecule has 4 rings (SSSR count). The van der Waals surface area contributed by atoms with Crippen molar-refractivity contribution in [3.05, 3.63) is 130 Å². The highest BCUT2D eigenvalue weighted by Gasteiger charge is 2.35. The molecule has 0 heterocycles. The van der Waals surface area contributed by atoms with Crippen LogP contribution in [0.5, 0.6) is 0 Å². The van der Waals surface area contributed by atoms with Crippen LogP contribution in [0.25, 0.3) is 0 Å². The Morgan fingerprint density at radius 1 is 0.844 bits per heavy atom. The van der Waals surface area contributed by atoms with E-state index in [1.54, 1.807) is 36.4 Å². The van der Waals surface area contributed by atoms with E-state index in [1.807, 2.05) is 82.3 Å². The van der Waals surface area contributed by atoms with Gasteiger partial charge < -0.3 is 10.2 Å². The zero-order chi connectivity index (χ0) is 32.6. The first-order valence-electron chi connectivity index (χ1n) is 15.0. The number of para-hydroxylation sites is 1. The number of benzene rings is 4. The van der Waals surface area contributed by atoms with Gasteiger partial charge in [0.15, 0.2) is 0 Å². The molecule has 236 valence electrons. The molecule has 0 aliphatic rings. The summed E-state index contributed by atoms with van der Waals surface area (Å²) in [5.41, 5.74) is 3.75. The van der Waals surface area contributed by atoms with Crippen LogP contribution >= 0.6 is 11.6 Å². The number of rotatable bonds is 13. The summed E-state index contributed by atoms with van der Waals surface area (Å²) in [4.78, 5) is 30.0. The number of amides is 2. The summed E-state index contributed by atoms with van der Waals surface area (Å²) < 4.78 is 29.4. The molecular formula is C36H40ClN3O4S. The van der Waals surface area contributed by atoms with E-state index >= 15 is 0 Å². The molecule has 0 radical (unpaired) electrons. The number of carbonyl (C=O) groups is 2. The molecule has 9 heteroatoms. The Morgan fingerprint density at radius 3 is 2.11 bits per heavy atom. The number of anilines is 1. The fraction of sp³-hybridized carbons (Fsp3) is 0.278. The van der Waals surface area contributed by atoms with Crippen LogP contribution in [0.4, 0.5) is 5.69 Å². The van der Waals surface area contributed by atoms with Crippen LogP contribution in [-0.4, -0.2) is 43.8 Å². The number of sulfonamides is 1. The molecule has 4 aromatic carbocycles. The molecule has 0 saturated heterocycles. The Kier molecular flexibility index (Phi) is 11.4. The van der Waals surface area contributed by atoms with Crippen molar-refractivity contribution in [2.75, 3.05) is 10.8 Å². The van der Waals surface area contributed by atoms with Crippen LogP contribution in [0.2, 0.25) is 5.02 Å². The smallest absolute Gasteiger partial charge is 0.264 e. The van der Waals surface area contributed by atoms with Gasteiger partial charge in [-0.2, -0.15) is 0 Å². The van der Waals surface area contributed by atoms with E-state index in [0.717, 1.165) is 26.6 Å². The van der Waals surface area contributed by atoms with Crippen molar-refractivity contribution in [2.45, 2.75) is 64.1 Å². The molecule has 0 fully saturated rings. The minimum atomic E-state index is -4.23. The quantitative estimate of drug-likeness (QED) is 0.175. The van der Waals surface area contributed by atoms with E-state index in [0.29, 0.717) is 6.42 Å². The van der Waals surface area contributed by atoms with Crippen molar-refractivity contribution in [3.63, 3.8) is 0 Å². The lowest BCUT2D eigenvalue weighted by atomic mass is 10.0. The van der Waals surface area contributed by atoms with E-state index in [4.69, 9.17) is 11.6 Å². The van der Waals surface area contributed by atoms with Crippen LogP contribution in [-0.2, 0) is 32.6 Å². The summed E-state index contributed by atoms with van der Waals surface area (Å²) in [6.45, 7) is 7.25. The van der Waals surface area contributed by atoms with Gasteiger partial charge >= 0.3 is 0 Å². The van der Waals surface area contributed by atoms with Gasteiger partial charge in [0, 0.05) is 19.0 Å². The van der Waals surface area contributed by atoms with E-state index in [9.17, 15) is 18.0 Å². The van der Waals surface area contributed by atoms with Crippen molar-refractivity contribution < 1.29 is 18.0 Å². The minimum Gasteiger partial charge on any atom is -0.352 e. The zero-order valence-corrected chi connectivity index (χ0v) is 27.7. The predicted molar refractivity (Wildman–Crippen MR) is 181 cm³/mol. The average Bonchev–Trinajstić information content (AvgIpc) is 3.03. The van der Waals surface area contributed by atoms with Crippen LogP contribution < -0.4 is 9.62 Å². The fourth-order valence-corrected chi connectivity index (χ4v) is 6.69. The van der Waals surface area contributed by atoms with E-state index in [-0.39, 0.29) is 40.5 Å². The van der Waals surface area contributed by atoms with Gasteiger partial charge in [0.25, 0.3) is 10.0 Å². The molecule has 0 unspecified atom stereocenters. The molecule has 7 nitrogen and oxygen atoms in total. The number of aryl methyl sites for hydroxylation is 2. The Morgan fingerprint density at radius 2 is 1.47 bits per heavy atom. The highest BCUT2D eigenvalue weighted by molar-refractivity contribution is 7.92. The molecular weight excluding hydrogens is 606 g/mol. The Hall–Kier alpha value is -4.14. The summed E-state index contributed by atoms with van der Waals surface area (Å²) in [6.07, 6.45) is 0.960. The second kappa shape index (κ2) is 15.2. The largest absolute Gasteiger partial charge is 0.352 e. The van der Waals surface area contributed by atoms with Gasteiger partial charge in [0.05, 0.1) is 15.6 Å². The number of halogens is 1. The van der Waals surface area contributed by atoms with Gasteiger partial charge in [-0.1, -0.05) is 103 Å². The third-order valence-corrected chi connectivity index (χ3v) is 9.98. The normalized spacial score (nSPS) is 12.6. The lowest BCUT2D eigenvalue weighted by molar-refractivity contribution is -0.140. The highest BCUT2D eigenvalue weighted by Crippen LogP contribution is 2.31. The summed E-state index contributed by atoms with van der Waals surface area (Å²) >= 11 is 6.55. The summed E-state index contributed by atoms with van der Waals surface area (Å²) in [7, 11) is -4.23. The first-order chi connectivity index (χ1) is 21.5. The lowest BCUT2D eigenvalue weighted by Crippen LogP contribution is -2.54. The van der Waals surface area contributed by atoms with Crippen LogP contribution in [0, 0.1) is 13.8 Å². The number of nitrogens with zero attached hydrogens (tertiary/aromatic N) is 2. The second-order valence-corrected chi connectivity index (χ2v) is 13.5. The first kappa shape index (κ1) is 33.7. The number of nitrogens with one attached hydrogen (secondary N) is 1. The molecule has 0 aromatic heterocycles. The van der Waals surface area contributed by atoms with Crippen molar-refractivity contribution in [1.82, 2.24) is 10.2 Å². The van der Waals surface area contributed by atoms with Gasteiger partial charge in [-0.15, -0.1) is 0 Å². The molecule has 0 aliphatic carbocycles. The first-order valence-corrected chi connectivity index (χ1v) is 16.8. The third-order valence-electron chi connectivity index (χ3n) is 7.88. The summed E-state index contributed by atoms with van der Waals surface area (Å²) in [5, 5.41) is 3.24. The van der Waals surface area contributed by atoms with Crippen molar-refractivity contribution in [3.8, 4) is 0 Å². The summed E-state index contributed by atoms with van der Waals surface area (Å²) in [5.74, 6) is -0.838. The predicted octanol–water partition coefficient (Wildman–Crippen LogP) is 6.71. The summed E-state index contributed by atoms with van der Waals surface area (Å²) in [6, 6.07) is 29.1. The molecule has 0 bridgehead atoms. The average molecular weight is 646 g/mol. The third kappa shape index (κ3) is 8.53. The molecule has 0 aliphatic heterocycles. The monoisotopic (exact) mass is 645 g/mol. The molecule has 4 aromatic rings. The maximum Gasteiger partial charge on any atom is 0.264 e. The maximum atomic E-state index is 14.6. The molecule has 45 heavy (non-hydrogen) atoms. The Labute approximate surface area is 271 Å². The molecule has 0 saturated carbocycles.